The highest BCUT2D eigenvalue weighted by molar-refractivity contribution is 5.09. The SMILES string of the molecule is CCCC(CCCC(C)CC)=C(C)C. The maximum atomic E-state index is 2.36. The Hall–Kier alpha value is -0.260. The van der Waals surface area contributed by atoms with Crippen LogP contribution in [-0.2, 0) is 0 Å². The fourth-order valence-electron chi connectivity index (χ4n) is 1.79. The van der Waals surface area contributed by atoms with E-state index in [2.05, 4.69) is 34.6 Å². The Kier molecular flexibility index (Phi) is 7.93. The van der Waals surface area contributed by atoms with Gasteiger partial charge in [0.2, 0.25) is 0 Å². The molecule has 0 aromatic heterocycles. The van der Waals surface area contributed by atoms with Gasteiger partial charge in [0.15, 0.2) is 0 Å². The van der Waals surface area contributed by atoms with Gasteiger partial charge >= 0.3 is 0 Å². The molecule has 0 spiro atoms. The number of hydrogen-bond acceptors (Lipinski definition) is 0. The fourth-order valence-corrected chi connectivity index (χ4v) is 1.79. The van der Waals surface area contributed by atoms with Crippen molar-refractivity contribution in [3.63, 3.8) is 0 Å². The predicted molar refractivity (Wildman–Crippen MR) is 66.6 cm³/mol. The molecule has 1 unspecified atom stereocenters. The van der Waals surface area contributed by atoms with Crippen LogP contribution in [0.3, 0.4) is 0 Å². The summed E-state index contributed by atoms with van der Waals surface area (Å²) >= 11 is 0. The standard InChI is InChI=1S/C14H28/c1-6-9-14(12(3)4)11-8-10-13(5)7-2/h13H,6-11H2,1-5H3. The molecule has 0 aliphatic heterocycles. The van der Waals surface area contributed by atoms with Crippen molar-refractivity contribution in [2.24, 2.45) is 5.92 Å². The van der Waals surface area contributed by atoms with Crippen LogP contribution >= 0.6 is 0 Å². The Morgan fingerprint density at radius 1 is 1.07 bits per heavy atom. The minimum Gasteiger partial charge on any atom is -0.0772 e. The largest absolute Gasteiger partial charge is 0.0772 e. The van der Waals surface area contributed by atoms with E-state index in [9.17, 15) is 0 Å². The second-order valence-corrected chi connectivity index (χ2v) is 4.76. The molecule has 0 fully saturated rings. The van der Waals surface area contributed by atoms with E-state index in [-0.39, 0.29) is 0 Å². The van der Waals surface area contributed by atoms with Crippen molar-refractivity contribution in [3.8, 4) is 0 Å². The molecule has 0 aliphatic rings. The second-order valence-electron chi connectivity index (χ2n) is 4.76. The summed E-state index contributed by atoms with van der Waals surface area (Å²) in [5.74, 6) is 0.912. The van der Waals surface area contributed by atoms with E-state index >= 15 is 0 Å². The lowest BCUT2D eigenvalue weighted by atomic mass is 9.95. The van der Waals surface area contributed by atoms with Crippen molar-refractivity contribution in [3.05, 3.63) is 11.1 Å². The van der Waals surface area contributed by atoms with Crippen LogP contribution in [0.15, 0.2) is 11.1 Å². The van der Waals surface area contributed by atoms with Gasteiger partial charge in [-0.15, -0.1) is 0 Å². The van der Waals surface area contributed by atoms with Gasteiger partial charge in [-0.1, -0.05) is 51.2 Å². The van der Waals surface area contributed by atoms with Crippen molar-refractivity contribution in [2.75, 3.05) is 0 Å². The first-order chi connectivity index (χ1) is 6.61. The van der Waals surface area contributed by atoms with E-state index in [0.717, 1.165) is 5.92 Å². The normalized spacial score (nSPS) is 12.6. The van der Waals surface area contributed by atoms with Gasteiger partial charge in [-0.05, 0) is 39.0 Å². The molecule has 0 nitrogen and oxygen atoms in total. The van der Waals surface area contributed by atoms with Crippen LogP contribution in [0.1, 0.15) is 73.1 Å². The molecule has 0 aliphatic carbocycles. The summed E-state index contributed by atoms with van der Waals surface area (Å²) in [6.07, 6.45) is 8.05. The fraction of sp³-hybridized carbons (Fsp3) is 0.857. The van der Waals surface area contributed by atoms with Crippen LogP contribution in [0.25, 0.3) is 0 Å². The highest BCUT2D eigenvalue weighted by atomic mass is 14.1. The minimum absolute atomic E-state index is 0.912. The van der Waals surface area contributed by atoms with Crippen LogP contribution in [0.5, 0.6) is 0 Å². The molecule has 0 saturated carbocycles. The topological polar surface area (TPSA) is 0 Å². The zero-order valence-corrected chi connectivity index (χ0v) is 10.8. The first-order valence-corrected chi connectivity index (χ1v) is 6.27. The average Bonchev–Trinajstić information content (AvgIpc) is 2.16. The first-order valence-electron chi connectivity index (χ1n) is 6.27. The van der Waals surface area contributed by atoms with Gasteiger partial charge in [0.25, 0.3) is 0 Å². The Morgan fingerprint density at radius 2 is 1.71 bits per heavy atom. The molecule has 0 heteroatoms. The molecule has 0 aromatic rings. The van der Waals surface area contributed by atoms with Gasteiger partial charge in [-0.2, -0.15) is 0 Å². The summed E-state index contributed by atoms with van der Waals surface area (Å²) in [5.41, 5.74) is 3.26. The molecular formula is C14H28. The molecule has 0 rings (SSSR count). The molecule has 0 N–H and O–H groups in total. The van der Waals surface area contributed by atoms with E-state index in [1.54, 1.807) is 11.1 Å². The van der Waals surface area contributed by atoms with Gasteiger partial charge in [0.1, 0.15) is 0 Å². The van der Waals surface area contributed by atoms with Crippen LogP contribution in [0, 0.1) is 5.92 Å². The summed E-state index contributed by atoms with van der Waals surface area (Å²) in [5, 5.41) is 0. The summed E-state index contributed by atoms with van der Waals surface area (Å²) in [4.78, 5) is 0. The summed E-state index contributed by atoms with van der Waals surface area (Å²) < 4.78 is 0. The van der Waals surface area contributed by atoms with Crippen molar-refractivity contribution in [2.45, 2.75) is 73.1 Å². The maximum Gasteiger partial charge on any atom is -0.0318 e. The van der Waals surface area contributed by atoms with Crippen LogP contribution in [0.2, 0.25) is 0 Å². The molecule has 0 aromatic carbocycles. The monoisotopic (exact) mass is 196 g/mol. The lowest BCUT2D eigenvalue weighted by Gasteiger charge is -2.11. The summed E-state index contributed by atoms with van der Waals surface area (Å²) in [7, 11) is 0. The van der Waals surface area contributed by atoms with Gasteiger partial charge in [0, 0.05) is 0 Å². The van der Waals surface area contributed by atoms with Crippen LogP contribution < -0.4 is 0 Å². The van der Waals surface area contributed by atoms with Gasteiger partial charge in [0.05, 0.1) is 0 Å². The first kappa shape index (κ1) is 13.7. The molecule has 0 bridgehead atoms. The van der Waals surface area contributed by atoms with Crippen molar-refractivity contribution >= 4 is 0 Å². The van der Waals surface area contributed by atoms with E-state index < -0.39 is 0 Å². The molecule has 14 heavy (non-hydrogen) atoms. The zero-order valence-electron chi connectivity index (χ0n) is 10.8. The molecular weight excluding hydrogens is 168 g/mol. The van der Waals surface area contributed by atoms with Crippen molar-refractivity contribution < 1.29 is 0 Å². The van der Waals surface area contributed by atoms with Gasteiger partial charge in [-0.3, -0.25) is 0 Å². The molecule has 0 radical (unpaired) electrons. The minimum atomic E-state index is 0.912. The Labute approximate surface area is 90.8 Å². The highest BCUT2D eigenvalue weighted by Crippen LogP contribution is 2.20. The number of rotatable bonds is 7. The molecule has 1 atom stereocenters. The third-order valence-electron chi connectivity index (χ3n) is 3.13. The average molecular weight is 196 g/mol. The summed E-state index contributed by atoms with van der Waals surface area (Å²) in [6.45, 7) is 11.4. The Bertz CT molecular complexity index is 161. The van der Waals surface area contributed by atoms with E-state index in [1.807, 2.05) is 0 Å². The predicted octanol–water partition coefficient (Wildman–Crippen LogP) is 5.34. The maximum absolute atomic E-state index is 2.36. The number of hydrogen-bond donors (Lipinski definition) is 0. The third kappa shape index (κ3) is 6.23. The molecule has 0 saturated heterocycles. The Balaban J connectivity index is 3.79. The van der Waals surface area contributed by atoms with E-state index in [1.165, 1.54) is 38.5 Å². The van der Waals surface area contributed by atoms with Crippen molar-refractivity contribution in [1.29, 1.82) is 0 Å². The lowest BCUT2D eigenvalue weighted by molar-refractivity contribution is 0.492. The van der Waals surface area contributed by atoms with E-state index in [0.29, 0.717) is 0 Å². The molecule has 84 valence electrons. The molecule has 0 heterocycles. The van der Waals surface area contributed by atoms with E-state index in [4.69, 9.17) is 0 Å². The zero-order chi connectivity index (χ0) is 11.0. The third-order valence-corrected chi connectivity index (χ3v) is 3.13. The molecule has 0 amide bonds. The quantitative estimate of drug-likeness (QED) is 0.482. The van der Waals surface area contributed by atoms with Crippen molar-refractivity contribution in [1.82, 2.24) is 0 Å². The summed E-state index contributed by atoms with van der Waals surface area (Å²) in [6, 6.07) is 0. The lowest BCUT2D eigenvalue weighted by Crippen LogP contribution is -1.94. The second kappa shape index (κ2) is 8.08. The van der Waals surface area contributed by atoms with Crippen LogP contribution in [-0.4, -0.2) is 0 Å². The Morgan fingerprint density at radius 3 is 2.14 bits per heavy atom. The van der Waals surface area contributed by atoms with Crippen LogP contribution in [0.4, 0.5) is 0 Å². The highest BCUT2D eigenvalue weighted by Gasteiger charge is 2.02. The number of allylic oxidation sites excluding steroid dienone is 2. The smallest absolute Gasteiger partial charge is 0.0318 e. The van der Waals surface area contributed by atoms with Gasteiger partial charge in [-0.25, -0.2) is 0 Å². The van der Waals surface area contributed by atoms with Gasteiger partial charge < -0.3 is 0 Å².